The number of guanidine groups is 1. The van der Waals surface area contributed by atoms with Crippen LogP contribution in [0.25, 0.3) is 0 Å². The summed E-state index contributed by atoms with van der Waals surface area (Å²) in [6.45, 7) is 2.12. The topological polar surface area (TPSA) is 36.4 Å². The van der Waals surface area contributed by atoms with Crippen molar-refractivity contribution in [1.29, 1.82) is 0 Å². The molecule has 4 heteroatoms. The smallest absolute Gasteiger partial charge is 0.190 e. The van der Waals surface area contributed by atoms with Crippen molar-refractivity contribution >= 4 is 17.7 Å². The van der Waals surface area contributed by atoms with Crippen LogP contribution < -0.4 is 10.6 Å². The highest BCUT2D eigenvalue weighted by atomic mass is 32.2. The Balaban J connectivity index is 1.95. The van der Waals surface area contributed by atoms with E-state index in [0.717, 1.165) is 25.0 Å². The van der Waals surface area contributed by atoms with E-state index in [-0.39, 0.29) is 0 Å². The van der Waals surface area contributed by atoms with Gasteiger partial charge in [-0.1, -0.05) is 0 Å². The van der Waals surface area contributed by atoms with Crippen LogP contribution in [0.5, 0.6) is 0 Å². The van der Waals surface area contributed by atoms with Gasteiger partial charge in [-0.05, 0) is 43.6 Å². The van der Waals surface area contributed by atoms with Gasteiger partial charge in [0.2, 0.25) is 0 Å². The monoisotopic (exact) mass is 229 g/mol. The van der Waals surface area contributed by atoms with Crippen LogP contribution in [0.15, 0.2) is 4.99 Å². The zero-order chi connectivity index (χ0) is 10.9. The number of hydrogen-bond donors (Lipinski definition) is 2. The molecule has 1 aliphatic rings. The molecule has 0 aromatic carbocycles. The molecule has 0 heterocycles. The highest BCUT2D eigenvalue weighted by Gasteiger charge is 2.20. The summed E-state index contributed by atoms with van der Waals surface area (Å²) in [7, 11) is 1.84. The summed E-state index contributed by atoms with van der Waals surface area (Å²) in [4.78, 5) is 4.19. The average Bonchev–Trinajstić information content (AvgIpc) is 3.06. The summed E-state index contributed by atoms with van der Waals surface area (Å²) in [5.41, 5.74) is 0. The van der Waals surface area contributed by atoms with E-state index >= 15 is 0 Å². The predicted molar refractivity (Wildman–Crippen MR) is 69.7 cm³/mol. The van der Waals surface area contributed by atoms with E-state index in [0.29, 0.717) is 0 Å². The lowest BCUT2D eigenvalue weighted by molar-refractivity contribution is 0.709. The number of nitrogens with zero attached hydrogens (tertiary/aromatic N) is 1. The molecule has 1 rings (SSSR count). The molecule has 0 aliphatic heterocycles. The molecule has 1 fully saturated rings. The van der Waals surface area contributed by atoms with Gasteiger partial charge in [-0.25, -0.2) is 0 Å². The summed E-state index contributed by atoms with van der Waals surface area (Å²) >= 11 is 1.92. The lowest BCUT2D eigenvalue weighted by Crippen LogP contribution is -2.38. The van der Waals surface area contributed by atoms with Gasteiger partial charge >= 0.3 is 0 Å². The van der Waals surface area contributed by atoms with E-state index in [1.807, 2.05) is 18.8 Å². The van der Waals surface area contributed by atoms with Gasteiger partial charge in [-0.3, -0.25) is 4.99 Å². The molecule has 15 heavy (non-hydrogen) atoms. The Morgan fingerprint density at radius 3 is 2.73 bits per heavy atom. The third-order valence-electron chi connectivity index (χ3n) is 2.55. The van der Waals surface area contributed by atoms with Crippen molar-refractivity contribution in [2.24, 2.45) is 10.9 Å². The number of thioether (sulfide) groups is 1. The van der Waals surface area contributed by atoms with E-state index in [1.165, 1.54) is 31.4 Å². The summed E-state index contributed by atoms with van der Waals surface area (Å²) in [6, 6.07) is 0. The Morgan fingerprint density at radius 1 is 1.33 bits per heavy atom. The fraction of sp³-hybridized carbons (Fsp3) is 0.909. The normalized spacial score (nSPS) is 16.5. The van der Waals surface area contributed by atoms with Gasteiger partial charge in [0.1, 0.15) is 0 Å². The SMILES string of the molecule is CN=C(NCCCCSC)NCC1CC1. The Bertz CT molecular complexity index is 190. The number of unbranched alkanes of at least 4 members (excludes halogenated alkanes) is 1. The van der Waals surface area contributed by atoms with E-state index in [4.69, 9.17) is 0 Å². The Morgan fingerprint density at radius 2 is 2.13 bits per heavy atom. The first kappa shape index (κ1) is 12.7. The standard InChI is InChI=1S/C11H23N3S/c1-12-11(14-9-10-5-6-10)13-7-3-4-8-15-2/h10H,3-9H2,1-2H3,(H2,12,13,14). The molecular weight excluding hydrogens is 206 g/mol. The van der Waals surface area contributed by atoms with Crippen molar-refractivity contribution in [2.75, 3.05) is 32.1 Å². The number of aliphatic imine (C=N–C) groups is 1. The van der Waals surface area contributed by atoms with Crippen LogP contribution in [0, 0.1) is 5.92 Å². The van der Waals surface area contributed by atoms with Crippen molar-refractivity contribution in [3.05, 3.63) is 0 Å². The maximum atomic E-state index is 4.19. The van der Waals surface area contributed by atoms with Gasteiger partial charge in [-0.2, -0.15) is 11.8 Å². The molecule has 0 saturated heterocycles. The highest BCUT2D eigenvalue weighted by molar-refractivity contribution is 7.98. The zero-order valence-corrected chi connectivity index (χ0v) is 10.7. The second-order valence-electron chi connectivity index (χ2n) is 4.02. The summed E-state index contributed by atoms with van der Waals surface area (Å²) in [6.07, 6.45) is 7.44. The average molecular weight is 229 g/mol. The minimum Gasteiger partial charge on any atom is -0.356 e. The van der Waals surface area contributed by atoms with Crippen molar-refractivity contribution in [2.45, 2.75) is 25.7 Å². The number of hydrogen-bond acceptors (Lipinski definition) is 2. The number of nitrogens with one attached hydrogen (secondary N) is 2. The van der Waals surface area contributed by atoms with E-state index in [9.17, 15) is 0 Å². The second kappa shape index (κ2) is 7.85. The fourth-order valence-electron chi connectivity index (χ4n) is 1.36. The van der Waals surface area contributed by atoms with Gasteiger partial charge < -0.3 is 10.6 Å². The molecule has 0 aromatic heterocycles. The largest absolute Gasteiger partial charge is 0.356 e. The van der Waals surface area contributed by atoms with Crippen molar-refractivity contribution in [1.82, 2.24) is 10.6 Å². The minimum atomic E-state index is 0.903. The molecule has 0 aromatic rings. The van der Waals surface area contributed by atoms with Crippen LogP contribution in [0.2, 0.25) is 0 Å². The summed E-state index contributed by atoms with van der Waals surface area (Å²) in [5.74, 6) is 3.13. The second-order valence-corrected chi connectivity index (χ2v) is 5.01. The first-order valence-corrected chi connectivity index (χ1v) is 7.19. The molecule has 88 valence electrons. The van der Waals surface area contributed by atoms with Crippen LogP contribution in [-0.2, 0) is 0 Å². The lowest BCUT2D eigenvalue weighted by Gasteiger charge is -2.10. The quantitative estimate of drug-likeness (QED) is 0.396. The molecule has 1 saturated carbocycles. The molecule has 0 spiro atoms. The molecule has 0 amide bonds. The van der Waals surface area contributed by atoms with Crippen LogP contribution in [0.3, 0.4) is 0 Å². The Labute approximate surface area is 97.5 Å². The lowest BCUT2D eigenvalue weighted by atomic mass is 10.3. The van der Waals surface area contributed by atoms with Gasteiger partial charge in [0.15, 0.2) is 5.96 Å². The third-order valence-corrected chi connectivity index (χ3v) is 3.24. The molecule has 3 nitrogen and oxygen atoms in total. The maximum Gasteiger partial charge on any atom is 0.190 e. The van der Waals surface area contributed by atoms with E-state index in [1.54, 1.807) is 0 Å². The van der Waals surface area contributed by atoms with E-state index < -0.39 is 0 Å². The van der Waals surface area contributed by atoms with Crippen molar-refractivity contribution in [3.8, 4) is 0 Å². The van der Waals surface area contributed by atoms with Gasteiger partial charge in [-0.15, -0.1) is 0 Å². The molecule has 0 unspecified atom stereocenters. The van der Waals surface area contributed by atoms with Crippen LogP contribution in [-0.4, -0.2) is 38.1 Å². The zero-order valence-electron chi connectivity index (χ0n) is 9.88. The molecule has 0 radical (unpaired) electrons. The first-order chi connectivity index (χ1) is 7.36. The first-order valence-electron chi connectivity index (χ1n) is 5.80. The van der Waals surface area contributed by atoms with Crippen LogP contribution >= 0.6 is 11.8 Å². The fourth-order valence-corrected chi connectivity index (χ4v) is 1.85. The Kier molecular flexibility index (Phi) is 6.64. The summed E-state index contributed by atoms with van der Waals surface area (Å²) < 4.78 is 0. The molecule has 1 aliphatic carbocycles. The predicted octanol–water partition coefficient (Wildman–Crippen LogP) is 1.70. The van der Waals surface area contributed by atoms with Gasteiger partial charge in [0.25, 0.3) is 0 Å². The number of rotatable bonds is 7. The van der Waals surface area contributed by atoms with Crippen LogP contribution in [0.4, 0.5) is 0 Å². The molecule has 0 atom stereocenters. The van der Waals surface area contributed by atoms with Crippen molar-refractivity contribution < 1.29 is 0 Å². The molecular formula is C11H23N3S. The van der Waals surface area contributed by atoms with Gasteiger partial charge in [0.05, 0.1) is 0 Å². The highest BCUT2D eigenvalue weighted by Crippen LogP contribution is 2.27. The summed E-state index contributed by atoms with van der Waals surface area (Å²) in [5, 5.41) is 6.70. The minimum absolute atomic E-state index is 0.903. The third kappa shape index (κ3) is 6.66. The Hall–Kier alpha value is -0.380. The van der Waals surface area contributed by atoms with E-state index in [2.05, 4.69) is 21.9 Å². The molecule has 2 N–H and O–H groups in total. The van der Waals surface area contributed by atoms with Gasteiger partial charge in [0, 0.05) is 20.1 Å². The van der Waals surface area contributed by atoms with Crippen molar-refractivity contribution in [3.63, 3.8) is 0 Å². The molecule has 0 bridgehead atoms. The maximum absolute atomic E-state index is 4.19. The van der Waals surface area contributed by atoms with Crippen LogP contribution in [0.1, 0.15) is 25.7 Å².